The van der Waals surface area contributed by atoms with Gasteiger partial charge in [-0.15, -0.1) is 0 Å². The molecule has 2 aliphatic heterocycles. The first kappa shape index (κ1) is 30.4. The van der Waals surface area contributed by atoms with Gasteiger partial charge in [-0.3, -0.25) is 24.0 Å². The maximum absolute atomic E-state index is 14.1. The highest BCUT2D eigenvalue weighted by atomic mass is 16.2. The van der Waals surface area contributed by atoms with E-state index in [9.17, 15) is 28.8 Å². The fourth-order valence-corrected chi connectivity index (χ4v) is 7.08. The van der Waals surface area contributed by atoms with Crippen molar-refractivity contribution in [3.8, 4) is 0 Å². The molecule has 3 rings (SSSR count). The smallest absolute Gasteiger partial charge is 0.315 e. The number of Topliss-reactive ketones (excluding diaryl/α,β-unsaturated/α-hetero) is 1. The highest BCUT2D eigenvalue weighted by molar-refractivity contribution is 6.36. The van der Waals surface area contributed by atoms with Crippen LogP contribution >= 0.6 is 0 Å². The Morgan fingerprint density at radius 2 is 1.67 bits per heavy atom. The van der Waals surface area contributed by atoms with Crippen LogP contribution in [0.2, 0.25) is 0 Å². The summed E-state index contributed by atoms with van der Waals surface area (Å²) >= 11 is 0. The SMILES string of the molecule is CC(C)(C)NC(=O)N[C@H](C(=O)N1CC2C(C)(C)C2([C@H](C[C@H]2CCNC2=O)C(=O)C(N)=O)C1C(N)=O)C(C)(C)C. The van der Waals surface area contributed by atoms with Gasteiger partial charge in [0.2, 0.25) is 23.5 Å². The van der Waals surface area contributed by atoms with Gasteiger partial charge in [0.1, 0.15) is 12.1 Å². The molecule has 0 spiro atoms. The van der Waals surface area contributed by atoms with Crippen LogP contribution in [-0.4, -0.2) is 71.1 Å². The zero-order chi connectivity index (χ0) is 29.9. The largest absolute Gasteiger partial charge is 0.368 e. The number of fused-ring (bicyclic) bond motifs is 1. The molecule has 2 saturated heterocycles. The lowest BCUT2D eigenvalue weighted by Gasteiger charge is -2.41. The van der Waals surface area contributed by atoms with Gasteiger partial charge in [-0.05, 0) is 50.4 Å². The van der Waals surface area contributed by atoms with Gasteiger partial charge in [-0.2, -0.15) is 0 Å². The number of nitrogens with zero attached hydrogens (tertiary/aromatic N) is 1. The zero-order valence-electron chi connectivity index (χ0n) is 24.3. The summed E-state index contributed by atoms with van der Waals surface area (Å²) in [6.07, 6.45) is 0.500. The van der Waals surface area contributed by atoms with Crippen molar-refractivity contribution in [3.63, 3.8) is 0 Å². The van der Waals surface area contributed by atoms with E-state index in [1.165, 1.54) is 4.90 Å². The van der Waals surface area contributed by atoms with Crippen LogP contribution in [-0.2, 0) is 24.0 Å². The summed E-state index contributed by atoms with van der Waals surface area (Å²) in [5, 5.41) is 8.28. The monoisotopic (exact) mass is 548 g/mol. The number of urea groups is 1. The van der Waals surface area contributed by atoms with Crippen molar-refractivity contribution < 1.29 is 28.8 Å². The van der Waals surface area contributed by atoms with Gasteiger partial charge in [0.15, 0.2) is 0 Å². The van der Waals surface area contributed by atoms with Crippen molar-refractivity contribution >= 4 is 35.4 Å². The first-order valence-corrected chi connectivity index (χ1v) is 13.5. The fourth-order valence-electron chi connectivity index (χ4n) is 7.08. The van der Waals surface area contributed by atoms with Crippen molar-refractivity contribution in [3.05, 3.63) is 0 Å². The van der Waals surface area contributed by atoms with Gasteiger partial charge in [0.05, 0.1) is 0 Å². The Labute approximate surface area is 229 Å². The number of nitrogens with two attached hydrogens (primary N) is 2. The Balaban J connectivity index is 2.04. The van der Waals surface area contributed by atoms with Crippen molar-refractivity contribution in [1.29, 1.82) is 0 Å². The van der Waals surface area contributed by atoms with E-state index in [0.717, 1.165) is 0 Å². The van der Waals surface area contributed by atoms with Crippen LogP contribution in [0.15, 0.2) is 0 Å². The van der Waals surface area contributed by atoms with E-state index in [1.54, 1.807) is 20.8 Å². The number of rotatable bonds is 8. The number of ketones is 1. The number of amides is 6. The van der Waals surface area contributed by atoms with Crippen molar-refractivity contribution in [2.24, 2.45) is 45.5 Å². The normalized spacial score (nSPS) is 29.1. The predicted molar refractivity (Wildman–Crippen MR) is 142 cm³/mol. The molecule has 12 nitrogen and oxygen atoms in total. The van der Waals surface area contributed by atoms with E-state index in [2.05, 4.69) is 16.0 Å². The summed E-state index contributed by atoms with van der Waals surface area (Å²) in [5.41, 5.74) is 8.29. The number of carbonyl (C=O) groups is 6. The van der Waals surface area contributed by atoms with Gasteiger partial charge in [-0.1, -0.05) is 34.6 Å². The van der Waals surface area contributed by atoms with Crippen LogP contribution in [0.3, 0.4) is 0 Å². The molecule has 0 aromatic heterocycles. The van der Waals surface area contributed by atoms with Crippen molar-refractivity contribution in [1.82, 2.24) is 20.9 Å². The van der Waals surface area contributed by atoms with Gasteiger partial charge in [0.25, 0.3) is 5.91 Å². The van der Waals surface area contributed by atoms with E-state index < -0.39 is 75.2 Å². The molecule has 3 fully saturated rings. The second-order valence-corrected chi connectivity index (χ2v) is 13.9. The summed E-state index contributed by atoms with van der Waals surface area (Å²) < 4.78 is 0. The first-order valence-electron chi connectivity index (χ1n) is 13.5. The highest BCUT2D eigenvalue weighted by Gasteiger charge is 2.84. The Kier molecular flexibility index (Phi) is 7.61. The second-order valence-electron chi connectivity index (χ2n) is 13.9. The van der Waals surface area contributed by atoms with Crippen LogP contribution < -0.4 is 27.4 Å². The van der Waals surface area contributed by atoms with E-state index in [0.29, 0.717) is 13.0 Å². The lowest BCUT2D eigenvalue weighted by molar-refractivity contribution is -0.148. The van der Waals surface area contributed by atoms with Crippen molar-refractivity contribution in [2.45, 2.75) is 85.9 Å². The third-order valence-corrected chi connectivity index (χ3v) is 8.87. The van der Waals surface area contributed by atoms with Gasteiger partial charge in [0, 0.05) is 35.9 Å². The quantitative estimate of drug-likeness (QED) is 0.266. The first-order chi connectivity index (χ1) is 17.7. The van der Waals surface area contributed by atoms with E-state index >= 15 is 0 Å². The third kappa shape index (κ3) is 5.21. The number of carbonyl (C=O) groups excluding carboxylic acids is 6. The van der Waals surface area contributed by atoms with E-state index in [1.807, 2.05) is 34.6 Å². The lowest BCUT2D eigenvalue weighted by atomic mass is 9.70. The molecule has 3 unspecified atom stereocenters. The Morgan fingerprint density at radius 1 is 1.08 bits per heavy atom. The topological polar surface area (TPSA) is 194 Å². The Morgan fingerprint density at radius 3 is 2.10 bits per heavy atom. The molecule has 218 valence electrons. The molecule has 3 aliphatic rings. The molecule has 1 aliphatic carbocycles. The molecule has 0 bridgehead atoms. The van der Waals surface area contributed by atoms with Crippen molar-refractivity contribution in [2.75, 3.05) is 13.1 Å². The average molecular weight is 549 g/mol. The molecule has 12 heteroatoms. The Hall–Kier alpha value is -3.18. The van der Waals surface area contributed by atoms with Gasteiger partial charge >= 0.3 is 6.03 Å². The van der Waals surface area contributed by atoms with Gasteiger partial charge in [-0.25, -0.2) is 4.79 Å². The standard InChI is InChI=1S/C27H44N6O6/c1-24(2,3)17(31-23(39)32-25(4,5)6)22(38)33-12-15-26(7,8)27(15,18(33)20(29)36)14(16(34)19(28)35)11-13-9-10-30-21(13)37/h13-15,17-18H,9-12H2,1-8H3,(H2,28,35)(H2,29,36)(H,30,37)(H2,31,32,39)/t13-,14-,15?,17-,18?,27?/m1/s1. The number of hydrogen-bond donors (Lipinski definition) is 5. The van der Waals surface area contributed by atoms with Crippen LogP contribution in [0.4, 0.5) is 4.79 Å². The Bertz CT molecular complexity index is 1090. The summed E-state index contributed by atoms with van der Waals surface area (Å²) in [6.45, 7) is 15.1. The molecular weight excluding hydrogens is 504 g/mol. The maximum Gasteiger partial charge on any atom is 0.315 e. The predicted octanol–water partition coefficient (Wildman–Crippen LogP) is 0.0341. The molecule has 6 atom stereocenters. The van der Waals surface area contributed by atoms with E-state index in [4.69, 9.17) is 11.5 Å². The molecule has 39 heavy (non-hydrogen) atoms. The summed E-state index contributed by atoms with van der Waals surface area (Å²) in [5.74, 6) is -5.56. The molecule has 2 heterocycles. The molecule has 0 radical (unpaired) electrons. The van der Waals surface area contributed by atoms with Gasteiger partial charge < -0.3 is 32.3 Å². The maximum atomic E-state index is 14.1. The number of piperidine rings is 1. The lowest BCUT2D eigenvalue weighted by Crippen LogP contribution is -2.62. The molecule has 6 amide bonds. The van der Waals surface area contributed by atoms with Crippen LogP contribution in [0, 0.1) is 34.0 Å². The molecule has 7 N–H and O–H groups in total. The minimum absolute atomic E-state index is 0.0221. The summed E-state index contributed by atoms with van der Waals surface area (Å²) in [4.78, 5) is 79.3. The number of hydrogen-bond acceptors (Lipinski definition) is 6. The van der Waals surface area contributed by atoms with Crippen LogP contribution in [0.5, 0.6) is 0 Å². The summed E-state index contributed by atoms with van der Waals surface area (Å²) in [7, 11) is 0. The molecule has 0 aromatic carbocycles. The minimum atomic E-state index is -1.24. The zero-order valence-corrected chi connectivity index (χ0v) is 24.3. The molecule has 1 saturated carbocycles. The fraction of sp³-hybridized carbons (Fsp3) is 0.778. The number of likely N-dealkylation sites (tertiary alicyclic amines) is 1. The second kappa shape index (κ2) is 9.78. The third-order valence-electron chi connectivity index (χ3n) is 8.87. The molecule has 0 aromatic rings. The minimum Gasteiger partial charge on any atom is -0.368 e. The molecular formula is C27H44N6O6. The van der Waals surface area contributed by atoms with Crippen LogP contribution in [0.1, 0.15) is 68.2 Å². The highest BCUT2D eigenvalue weighted by Crippen LogP contribution is 2.78. The number of nitrogens with one attached hydrogen (secondary N) is 3. The van der Waals surface area contributed by atoms with E-state index in [-0.39, 0.29) is 24.8 Å². The average Bonchev–Trinajstić information content (AvgIpc) is 3.11. The number of primary amides is 2. The van der Waals surface area contributed by atoms with Crippen LogP contribution in [0.25, 0.3) is 0 Å². The summed E-state index contributed by atoms with van der Waals surface area (Å²) in [6, 6.07) is -2.80.